The Kier molecular flexibility index (Phi) is 1.68. The molecule has 68 valence electrons. The molecule has 4 heteroatoms. The Morgan fingerprint density at radius 3 is 3.00 bits per heavy atom. The molecule has 0 aliphatic rings. The summed E-state index contributed by atoms with van der Waals surface area (Å²) in [6, 6.07) is 10.4. The molecule has 0 atom stereocenters. The fraction of sp³-hybridized carbons (Fsp3) is 0. The number of pyridine rings is 1. The topological polar surface area (TPSA) is 33.1 Å². The summed E-state index contributed by atoms with van der Waals surface area (Å²) in [4.78, 5) is 0. The van der Waals surface area contributed by atoms with Gasteiger partial charge in [-0.1, -0.05) is 0 Å². The van der Waals surface area contributed by atoms with E-state index in [-0.39, 0.29) is 0 Å². The summed E-state index contributed by atoms with van der Waals surface area (Å²) in [5.74, 6) is 0. The molecule has 14 heavy (non-hydrogen) atoms. The van der Waals surface area contributed by atoms with Crippen LogP contribution >= 0.6 is 0 Å². The van der Waals surface area contributed by atoms with Gasteiger partial charge in [-0.15, -0.1) is 0 Å². The van der Waals surface area contributed by atoms with E-state index in [1.807, 2.05) is 12.1 Å². The van der Waals surface area contributed by atoms with Gasteiger partial charge in [-0.25, -0.2) is 0 Å². The summed E-state index contributed by atoms with van der Waals surface area (Å²) < 4.78 is 3.23. The van der Waals surface area contributed by atoms with Crippen molar-refractivity contribution in [1.29, 1.82) is 0 Å². The monoisotopic (exact) mass is 353 g/mol. The molecule has 0 radical (unpaired) electrons. The van der Waals surface area contributed by atoms with Crippen LogP contribution in [0.3, 0.4) is 0 Å². The SMILES string of the molecule is [W]=[c]1[nH]nc2c3ccccc3ccn12. The zero-order valence-electron chi connectivity index (χ0n) is 7.27. The van der Waals surface area contributed by atoms with Gasteiger partial charge in [0.05, 0.1) is 0 Å². The normalized spacial score (nSPS) is 11.1. The van der Waals surface area contributed by atoms with Gasteiger partial charge in [0.25, 0.3) is 0 Å². The van der Waals surface area contributed by atoms with Crippen molar-refractivity contribution < 1.29 is 19.4 Å². The number of nitrogens with one attached hydrogen (secondary N) is 1. The Morgan fingerprint density at radius 1 is 1.21 bits per heavy atom. The van der Waals surface area contributed by atoms with E-state index in [0.717, 1.165) is 9.45 Å². The predicted octanol–water partition coefficient (Wildman–Crippen LogP) is 1.89. The molecule has 0 saturated heterocycles. The van der Waals surface area contributed by atoms with Crippen molar-refractivity contribution in [2.24, 2.45) is 0 Å². The Morgan fingerprint density at radius 2 is 2.07 bits per heavy atom. The van der Waals surface area contributed by atoms with E-state index in [4.69, 9.17) is 0 Å². The molecular weight excluding hydrogens is 346 g/mol. The number of hydrogen-bond donors (Lipinski definition) is 1. The predicted molar refractivity (Wildman–Crippen MR) is 50.3 cm³/mol. The number of H-pyrrole nitrogens is 1. The van der Waals surface area contributed by atoms with E-state index in [1.165, 1.54) is 30.1 Å². The molecule has 3 aromatic rings. The zero-order chi connectivity index (χ0) is 9.54. The first-order valence-corrected chi connectivity index (χ1v) is 5.77. The minimum absolute atomic E-state index is 1.01. The van der Waals surface area contributed by atoms with Crippen LogP contribution in [0, 0.1) is 3.80 Å². The Labute approximate surface area is 90.8 Å². The van der Waals surface area contributed by atoms with E-state index < -0.39 is 0 Å². The number of nitrogens with zero attached hydrogens (tertiary/aromatic N) is 2. The standard InChI is InChI=1S/C10H7N3.W/c1-2-4-9-8(3-1)5-6-13-7-11-12-10(9)13;/h1-6,11H;. The fourth-order valence-corrected chi connectivity index (χ4v) is 2.33. The van der Waals surface area contributed by atoms with Gasteiger partial charge >= 0.3 is 90.7 Å². The average Bonchev–Trinajstić information content (AvgIpc) is 2.61. The van der Waals surface area contributed by atoms with E-state index >= 15 is 0 Å². The maximum atomic E-state index is 4.31. The van der Waals surface area contributed by atoms with Crippen molar-refractivity contribution in [3.8, 4) is 0 Å². The van der Waals surface area contributed by atoms with Crippen molar-refractivity contribution >= 4 is 16.4 Å². The number of rotatable bonds is 0. The van der Waals surface area contributed by atoms with Gasteiger partial charge in [0, 0.05) is 0 Å². The maximum absolute atomic E-state index is 4.31. The quantitative estimate of drug-likeness (QED) is 0.658. The second kappa shape index (κ2) is 2.89. The molecule has 0 bridgehead atoms. The first-order chi connectivity index (χ1) is 6.86. The molecule has 1 aromatic carbocycles. The second-order valence-electron chi connectivity index (χ2n) is 3.13. The average molecular weight is 353 g/mol. The Balaban J connectivity index is 2.68. The van der Waals surface area contributed by atoms with Crippen molar-refractivity contribution in [2.75, 3.05) is 0 Å². The Hall–Kier alpha value is -1.21. The van der Waals surface area contributed by atoms with Gasteiger partial charge < -0.3 is 0 Å². The summed E-state index contributed by atoms with van der Waals surface area (Å²) in [5.41, 5.74) is 1.01. The van der Waals surface area contributed by atoms with Crippen LogP contribution < -0.4 is 0 Å². The third-order valence-corrected chi connectivity index (χ3v) is 3.34. The molecule has 2 aromatic heterocycles. The molecule has 2 heterocycles. The van der Waals surface area contributed by atoms with E-state index in [9.17, 15) is 0 Å². The van der Waals surface area contributed by atoms with E-state index in [0.29, 0.717) is 0 Å². The van der Waals surface area contributed by atoms with Crippen LogP contribution in [0.25, 0.3) is 16.4 Å². The molecule has 0 saturated carbocycles. The van der Waals surface area contributed by atoms with Gasteiger partial charge in [0.1, 0.15) is 0 Å². The first-order valence-electron chi connectivity index (χ1n) is 4.31. The number of fused-ring (bicyclic) bond motifs is 3. The third kappa shape index (κ3) is 1.02. The number of aromatic amines is 1. The molecule has 0 spiro atoms. The first kappa shape index (κ1) is 8.13. The summed E-state index contributed by atoms with van der Waals surface area (Å²) in [6.07, 6.45) is 2.06. The zero-order valence-corrected chi connectivity index (χ0v) is 10.2. The number of benzene rings is 1. The molecule has 0 unspecified atom stereocenters. The van der Waals surface area contributed by atoms with Crippen LogP contribution in [0.1, 0.15) is 0 Å². The van der Waals surface area contributed by atoms with Crippen LogP contribution in [-0.4, -0.2) is 14.6 Å². The van der Waals surface area contributed by atoms with E-state index in [2.05, 4.69) is 39.0 Å². The van der Waals surface area contributed by atoms with Crippen LogP contribution in [0.2, 0.25) is 0 Å². The number of hydrogen-bond acceptors (Lipinski definition) is 1. The van der Waals surface area contributed by atoms with Gasteiger partial charge in [0.15, 0.2) is 0 Å². The van der Waals surface area contributed by atoms with Crippen molar-refractivity contribution in [3.63, 3.8) is 0 Å². The van der Waals surface area contributed by atoms with Crippen molar-refractivity contribution in [3.05, 3.63) is 40.3 Å². The summed E-state index contributed by atoms with van der Waals surface area (Å²) in [7, 11) is 0. The summed E-state index contributed by atoms with van der Waals surface area (Å²) in [6.45, 7) is 0. The minimum atomic E-state index is 1.01. The number of aromatic nitrogens is 3. The van der Waals surface area contributed by atoms with Gasteiger partial charge in [0.2, 0.25) is 0 Å². The van der Waals surface area contributed by atoms with Crippen LogP contribution in [0.4, 0.5) is 0 Å². The van der Waals surface area contributed by atoms with Gasteiger partial charge in [-0.3, -0.25) is 0 Å². The van der Waals surface area contributed by atoms with Crippen molar-refractivity contribution in [2.45, 2.75) is 0 Å². The van der Waals surface area contributed by atoms with Gasteiger partial charge in [-0.2, -0.15) is 0 Å². The van der Waals surface area contributed by atoms with Gasteiger partial charge in [-0.05, 0) is 0 Å². The van der Waals surface area contributed by atoms with Crippen LogP contribution in [0.15, 0.2) is 36.5 Å². The third-order valence-electron chi connectivity index (χ3n) is 2.31. The summed E-state index contributed by atoms with van der Waals surface area (Å²) >= 11 is 1.39. The second-order valence-corrected chi connectivity index (χ2v) is 4.51. The van der Waals surface area contributed by atoms with Crippen LogP contribution in [-0.2, 0) is 19.4 Å². The fourth-order valence-electron chi connectivity index (χ4n) is 1.63. The molecule has 0 amide bonds. The summed E-state index contributed by atoms with van der Waals surface area (Å²) in [5, 5.41) is 9.75. The van der Waals surface area contributed by atoms with E-state index in [1.54, 1.807) is 0 Å². The molecule has 3 nitrogen and oxygen atoms in total. The molecule has 0 aliphatic heterocycles. The molecule has 0 fully saturated rings. The van der Waals surface area contributed by atoms with Crippen molar-refractivity contribution in [1.82, 2.24) is 14.6 Å². The molecule has 1 N–H and O–H groups in total. The molecule has 0 aliphatic carbocycles. The Bertz CT molecular complexity index is 665. The van der Waals surface area contributed by atoms with Crippen LogP contribution in [0.5, 0.6) is 0 Å². The molecule has 3 rings (SSSR count). The molecular formula is C10H7N3W.